The fraction of sp³-hybridized carbons (Fsp3) is 0.333. The van der Waals surface area contributed by atoms with Crippen molar-refractivity contribution in [3.8, 4) is 5.75 Å². The molecule has 0 N–H and O–H groups in total. The maximum atomic E-state index is 13.1. The van der Waals surface area contributed by atoms with Crippen LogP contribution in [-0.4, -0.2) is 36.8 Å². The molecule has 29 heavy (non-hydrogen) atoms. The fourth-order valence-electron chi connectivity index (χ4n) is 4.85. The van der Waals surface area contributed by atoms with Crippen molar-refractivity contribution < 1.29 is 14.3 Å². The highest BCUT2D eigenvalue weighted by atomic mass is 16.5. The Morgan fingerprint density at radius 2 is 2.10 bits per heavy atom. The quantitative estimate of drug-likeness (QED) is 0.758. The number of fused-ring (bicyclic) bond motifs is 6. The molecule has 0 saturated heterocycles. The van der Waals surface area contributed by atoms with E-state index in [9.17, 15) is 4.79 Å². The van der Waals surface area contributed by atoms with E-state index in [2.05, 4.69) is 40.2 Å². The van der Waals surface area contributed by atoms with Gasteiger partial charge in [0, 0.05) is 22.7 Å². The van der Waals surface area contributed by atoms with E-state index in [1.54, 1.807) is 7.11 Å². The molecule has 0 spiro atoms. The van der Waals surface area contributed by atoms with Crippen molar-refractivity contribution in [2.75, 3.05) is 20.3 Å². The lowest BCUT2D eigenvalue weighted by molar-refractivity contribution is -0.137. The van der Waals surface area contributed by atoms with Crippen molar-refractivity contribution >= 4 is 29.1 Å². The van der Waals surface area contributed by atoms with Gasteiger partial charge in [-0.3, -0.25) is 4.99 Å². The van der Waals surface area contributed by atoms with Crippen LogP contribution in [0.3, 0.4) is 0 Å². The van der Waals surface area contributed by atoms with Crippen LogP contribution in [0.5, 0.6) is 5.75 Å². The van der Waals surface area contributed by atoms with Crippen molar-refractivity contribution in [2.24, 2.45) is 4.99 Å². The summed E-state index contributed by atoms with van der Waals surface area (Å²) >= 11 is 0. The molecule has 3 aliphatic rings. The predicted octanol–water partition coefficient (Wildman–Crippen LogP) is 2.41. The molecule has 1 atom stereocenters. The number of hydrogen-bond donors (Lipinski definition) is 0. The standard InChI is InChI=1S/C24H24N2O3/c1-4-29-24(27)23-22-16(5-8-20-19(22)11-14(2)25-20)13-21-18-7-6-17(28-3)12-15(18)9-10-26(21)23/h5-8,11-12,21H,4,9-10,13H2,1-3H3. The van der Waals surface area contributed by atoms with Crippen molar-refractivity contribution in [3.63, 3.8) is 0 Å². The summed E-state index contributed by atoms with van der Waals surface area (Å²) in [7, 11) is 1.70. The first-order valence-corrected chi connectivity index (χ1v) is 10.1. The summed E-state index contributed by atoms with van der Waals surface area (Å²) in [5, 5.41) is 2.04. The van der Waals surface area contributed by atoms with Gasteiger partial charge in [-0.25, -0.2) is 4.79 Å². The van der Waals surface area contributed by atoms with E-state index in [4.69, 9.17) is 9.47 Å². The summed E-state index contributed by atoms with van der Waals surface area (Å²) < 4.78 is 10.9. The molecule has 1 unspecified atom stereocenters. The number of methoxy groups -OCH3 is 1. The molecule has 0 amide bonds. The summed E-state index contributed by atoms with van der Waals surface area (Å²) in [6.45, 7) is 4.99. The van der Waals surface area contributed by atoms with Crippen LogP contribution in [-0.2, 0) is 22.4 Å². The molecule has 0 saturated carbocycles. The second-order valence-corrected chi connectivity index (χ2v) is 7.73. The highest BCUT2D eigenvalue weighted by Crippen LogP contribution is 2.38. The zero-order chi connectivity index (χ0) is 20.1. The topological polar surface area (TPSA) is 51.1 Å². The zero-order valence-corrected chi connectivity index (χ0v) is 17.0. The van der Waals surface area contributed by atoms with E-state index in [1.165, 1.54) is 16.7 Å². The van der Waals surface area contributed by atoms with E-state index in [0.717, 1.165) is 47.0 Å². The SMILES string of the molecule is CCOC(=O)C1=c2c(ccc3c2=CC(C)=N3)CC2c3ccc(OC)cc3CCN12. The molecule has 148 valence electrons. The van der Waals surface area contributed by atoms with Crippen LogP contribution in [0.1, 0.15) is 36.6 Å². The Hall–Kier alpha value is -3.08. The molecular formula is C24H24N2O3. The summed E-state index contributed by atoms with van der Waals surface area (Å²) in [4.78, 5) is 20.0. The normalized spacial score (nSPS) is 18.7. The molecule has 3 heterocycles. The Morgan fingerprint density at radius 1 is 1.24 bits per heavy atom. The van der Waals surface area contributed by atoms with Gasteiger partial charge in [0.15, 0.2) is 0 Å². The Morgan fingerprint density at radius 3 is 2.90 bits per heavy atom. The second-order valence-electron chi connectivity index (χ2n) is 7.73. The first kappa shape index (κ1) is 18.0. The molecule has 0 aliphatic carbocycles. The maximum absolute atomic E-state index is 13.1. The largest absolute Gasteiger partial charge is 0.497 e. The second kappa shape index (κ2) is 6.76. The first-order chi connectivity index (χ1) is 14.1. The zero-order valence-electron chi connectivity index (χ0n) is 17.0. The highest BCUT2D eigenvalue weighted by Gasteiger charge is 2.37. The fourth-order valence-corrected chi connectivity index (χ4v) is 4.85. The van der Waals surface area contributed by atoms with Crippen molar-refractivity contribution in [1.29, 1.82) is 0 Å². The van der Waals surface area contributed by atoms with Gasteiger partial charge in [0.1, 0.15) is 11.4 Å². The van der Waals surface area contributed by atoms with E-state index < -0.39 is 0 Å². The third-order valence-corrected chi connectivity index (χ3v) is 6.07. The van der Waals surface area contributed by atoms with Crippen molar-refractivity contribution in [2.45, 2.75) is 32.7 Å². The van der Waals surface area contributed by atoms with Gasteiger partial charge in [0.25, 0.3) is 0 Å². The number of aliphatic imine (C=N–C) groups is 1. The number of esters is 1. The van der Waals surface area contributed by atoms with E-state index in [-0.39, 0.29) is 12.0 Å². The van der Waals surface area contributed by atoms with Gasteiger partial charge < -0.3 is 14.4 Å². The summed E-state index contributed by atoms with van der Waals surface area (Å²) in [5.41, 5.74) is 6.32. The van der Waals surface area contributed by atoms with Crippen LogP contribution in [0.15, 0.2) is 35.3 Å². The average molecular weight is 388 g/mol. The van der Waals surface area contributed by atoms with Crippen LogP contribution in [0.2, 0.25) is 0 Å². The number of ether oxygens (including phenoxy) is 2. The van der Waals surface area contributed by atoms with Gasteiger partial charge in [0.05, 0.1) is 25.4 Å². The number of benzene rings is 2. The molecule has 2 aromatic rings. The smallest absolute Gasteiger partial charge is 0.355 e. The van der Waals surface area contributed by atoms with Crippen molar-refractivity contribution in [3.05, 3.63) is 57.5 Å². The van der Waals surface area contributed by atoms with Crippen LogP contribution < -0.4 is 15.2 Å². The summed E-state index contributed by atoms with van der Waals surface area (Å²) in [6, 6.07) is 10.6. The minimum absolute atomic E-state index is 0.123. The molecule has 3 aliphatic heterocycles. The predicted molar refractivity (Wildman–Crippen MR) is 113 cm³/mol. The molecule has 0 aromatic heterocycles. The monoisotopic (exact) mass is 388 g/mol. The van der Waals surface area contributed by atoms with Crippen LogP contribution in [0, 0.1) is 0 Å². The molecule has 5 rings (SSSR count). The van der Waals surface area contributed by atoms with Gasteiger partial charge in [-0.1, -0.05) is 12.1 Å². The Bertz CT molecular complexity index is 1180. The van der Waals surface area contributed by atoms with Crippen LogP contribution in [0.4, 0.5) is 5.69 Å². The Kier molecular flexibility index (Phi) is 4.19. The molecule has 5 nitrogen and oxygen atoms in total. The molecule has 0 radical (unpaired) electrons. The molecular weight excluding hydrogens is 364 g/mol. The number of rotatable bonds is 3. The summed E-state index contributed by atoms with van der Waals surface area (Å²) in [5.74, 6) is 0.629. The minimum Gasteiger partial charge on any atom is -0.497 e. The summed E-state index contributed by atoms with van der Waals surface area (Å²) in [6.07, 6.45) is 3.81. The molecule has 0 fully saturated rings. The Balaban J connectivity index is 1.74. The van der Waals surface area contributed by atoms with E-state index >= 15 is 0 Å². The van der Waals surface area contributed by atoms with Crippen LogP contribution in [0.25, 0.3) is 11.8 Å². The maximum Gasteiger partial charge on any atom is 0.355 e. The highest BCUT2D eigenvalue weighted by molar-refractivity contribution is 6.14. The van der Waals surface area contributed by atoms with Gasteiger partial charge >= 0.3 is 5.97 Å². The Labute approximate surface area is 170 Å². The van der Waals surface area contributed by atoms with E-state index in [1.807, 2.05) is 19.9 Å². The number of nitrogens with zero attached hydrogens (tertiary/aromatic N) is 2. The third kappa shape index (κ3) is 2.76. The number of hydrogen-bond acceptors (Lipinski definition) is 5. The number of carbonyl (C=O) groups excluding carboxylic acids is 1. The van der Waals surface area contributed by atoms with Crippen LogP contribution >= 0.6 is 0 Å². The first-order valence-electron chi connectivity index (χ1n) is 10.1. The van der Waals surface area contributed by atoms with E-state index in [0.29, 0.717) is 12.3 Å². The average Bonchev–Trinajstić information content (AvgIpc) is 3.12. The molecule has 2 aromatic carbocycles. The van der Waals surface area contributed by atoms with Gasteiger partial charge in [-0.15, -0.1) is 0 Å². The van der Waals surface area contributed by atoms with Gasteiger partial charge in [-0.05, 0) is 67.7 Å². The van der Waals surface area contributed by atoms with Crippen molar-refractivity contribution in [1.82, 2.24) is 4.90 Å². The number of carbonyl (C=O) groups is 1. The molecule has 5 heteroatoms. The lowest BCUT2D eigenvalue weighted by Gasteiger charge is -2.42. The lowest BCUT2D eigenvalue weighted by atomic mass is 9.84. The van der Waals surface area contributed by atoms with Gasteiger partial charge in [-0.2, -0.15) is 0 Å². The molecule has 0 bridgehead atoms. The minimum atomic E-state index is -0.248. The third-order valence-electron chi connectivity index (χ3n) is 6.07. The lowest BCUT2D eigenvalue weighted by Crippen LogP contribution is -2.49. The van der Waals surface area contributed by atoms with Gasteiger partial charge in [0.2, 0.25) is 0 Å².